The van der Waals surface area contributed by atoms with Gasteiger partial charge in [0.15, 0.2) is 0 Å². The minimum absolute atomic E-state index is 0.0286. The van der Waals surface area contributed by atoms with Crippen LogP contribution in [0.25, 0.3) is 0 Å². The van der Waals surface area contributed by atoms with E-state index in [0.717, 1.165) is 25.7 Å². The fourth-order valence-corrected chi connectivity index (χ4v) is 5.80. The molecule has 3 aliphatic rings. The first-order valence-corrected chi connectivity index (χ1v) is 18.0. The standard InChI is InChI=1S/C36H59N5O9/c1-20(2)24-17-26(30(44)39-25(16-22-10-11-22)28(43)31(45)37-15-14-27(42)50-36(7,8)9)41(18-24)32(46)29(35(4,5)6)40-34(48)38-21(3)33(47)49-19-23-12-13-23/h20-26,29H,10-19H2,1-9H3,(H,37,45)(H,39,44)(H2,38,40,48)/t21?,24?,25?,26-,29?/m0/s1. The number of carbonyl (C=O) groups excluding carboxylic acids is 7. The molecule has 0 radical (unpaired) electrons. The lowest BCUT2D eigenvalue weighted by molar-refractivity contribution is -0.155. The van der Waals surface area contributed by atoms with Gasteiger partial charge in [0, 0.05) is 13.1 Å². The largest absolute Gasteiger partial charge is 0.464 e. The number of urea groups is 1. The minimum Gasteiger partial charge on any atom is -0.464 e. The van der Waals surface area contributed by atoms with Gasteiger partial charge < -0.3 is 35.6 Å². The highest BCUT2D eigenvalue weighted by molar-refractivity contribution is 6.38. The molecule has 14 nitrogen and oxygen atoms in total. The summed E-state index contributed by atoms with van der Waals surface area (Å²) in [5.41, 5.74) is -1.46. The molecule has 3 rings (SSSR count). The van der Waals surface area contributed by atoms with Crippen LogP contribution >= 0.6 is 0 Å². The van der Waals surface area contributed by atoms with E-state index in [9.17, 15) is 33.6 Å². The number of hydrogen-bond donors (Lipinski definition) is 4. The molecule has 4 N–H and O–H groups in total. The number of hydrogen-bond acceptors (Lipinski definition) is 9. The summed E-state index contributed by atoms with van der Waals surface area (Å²) in [6.07, 6.45) is 4.30. The predicted octanol–water partition coefficient (Wildman–Crippen LogP) is 2.62. The van der Waals surface area contributed by atoms with E-state index >= 15 is 0 Å². The Morgan fingerprint density at radius 3 is 2.00 bits per heavy atom. The number of nitrogens with zero attached hydrogens (tertiary/aromatic N) is 1. The Morgan fingerprint density at radius 2 is 1.46 bits per heavy atom. The highest BCUT2D eigenvalue weighted by atomic mass is 16.6. The molecule has 0 aromatic heterocycles. The topological polar surface area (TPSA) is 189 Å². The maximum Gasteiger partial charge on any atom is 0.328 e. The summed E-state index contributed by atoms with van der Waals surface area (Å²) >= 11 is 0. The van der Waals surface area contributed by atoms with Gasteiger partial charge in [-0.1, -0.05) is 47.5 Å². The van der Waals surface area contributed by atoms with Crippen molar-refractivity contribution in [2.45, 2.75) is 137 Å². The van der Waals surface area contributed by atoms with E-state index in [0.29, 0.717) is 18.9 Å². The van der Waals surface area contributed by atoms with Crippen LogP contribution < -0.4 is 21.3 Å². The first-order chi connectivity index (χ1) is 23.2. The monoisotopic (exact) mass is 705 g/mol. The Balaban J connectivity index is 1.70. The fourth-order valence-electron chi connectivity index (χ4n) is 5.80. The van der Waals surface area contributed by atoms with Crippen molar-refractivity contribution in [1.82, 2.24) is 26.2 Å². The van der Waals surface area contributed by atoms with Crippen molar-refractivity contribution in [2.75, 3.05) is 19.7 Å². The van der Waals surface area contributed by atoms with Crippen molar-refractivity contribution < 1.29 is 43.0 Å². The van der Waals surface area contributed by atoms with Crippen molar-refractivity contribution in [3.8, 4) is 0 Å². The lowest BCUT2D eigenvalue weighted by atomic mass is 9.85. The van der Waals surface area contributed by atoms with E-state index in [2.05, 4.69) is 21.3 Å². The Hall–Kier alpha value is -3.71. The minimum atomic E-state index is -1.10. The van der Waals surface area contributed by atoms with Crippen molar-refractivity contribution in [3.63, 3.8) is 0 Å². The third-order valence-electron chi connectivity index (χ3n) is 9.27. The smallest absolute Gasteiger partial charge is 0.328 e. The van der Waals surface area contributed by atoms with Gasteiger partial charge in [0.25, 0.3) is 5.91 Å². The van der Waals surface area contributed by atoms with Crippen LogP contribution in [-0.4, -0.2) is 95.8 Å². The first-order valence-electron chi connectivity index (χ1n) is 18.0. The van der Waals surface area contributed by atoms with Gasteiger partial charge in [-0.05, 0) is 82.5 Å². The van der Waals surface area contributed by atoms with Gasteiger partial charge in [-0.25, -0.2) is 9.59 Å². The third kappa shape index (κ3) is 12.9. The molecule has 282 valence electrons. The highest BCUT2D eigenvalue weighted by Crippen LogP contribution is 2.35. The van der Waals surface area contributed by atoms with Gasteiger partial charge in [0.2, 0.25) is 17.6 Å². The average molecular weight is 706 g/mol. The number of esters is 2. The number of Topliss-reactive ketones (excluding diaryl/α,β-unsaturated/α-hetero) is 1. The van der Waals surface area contributed by atoms with Gasteiger partial charge in [-0.3, -0.25) is 24.0 Å². The summed E-state index contributed by atoms with van der Waals surface area (Å²) in [5.74, 6) is -3.16. The molecule has 1 aliphatic heterocycles. The Bertz CT molecular complexity index is 1280. The number of rotatable bonds is 16. The van der Waals surface area contributed by atoms with E-state index in [1.165, 1.54) is 11.8 Å². The quantitative estimate of drug-likeness (QED) is 0.138. The Morgan fingerprint density at radius 1 is 0.840 bits per heavy atom. The van der Waals surface area contributed by atoms with E-state index in [-0.39, 0.29) is 43.7 Å². The predicted molar refractivity (Wildman–Crippen MR) is 184 cm³/mol. The SMILES string of the molecule is CC(NC(=O)NC(C(=O)N1CC(C(C)C)C[C@H]1C(=O)NC(CC1CC1)C(=O)C(=O)NCCC(=O)OC(C)(C)C)C(C)(C)C)C(=O)OCC1CC1. The number of ether oxygens (including phenoxy) is 2. The molecule has 0 aromatic carbocycles. The van der Waals surface area contributed by atoms with Crippen molar-refractivity contribution in [2.24, 2.45) is 29.1 Å². The summed E-state index contributed by atoms with van der Waals surface area (Å²) in [6.45, 7) is 16.6. The molecule has 4 unspecified atom stereocenters. The van der Waals surface area contributed by atoms with E-state index in [1.54, 1.807) is 41.5 Å². The van der Waals surface area contributed by atoms with Gasteiger partial charge in [-0.15, -0.1) is 0 Å². The van der Waals surface area contributed by atoms with Gasteiger partial charge in [-0.2, -0.15) is 0 Å². The van der Waals surface area contributed by atoms with Gasteiger partial charge in [0.05, 0.1) is 19.1 Å². The number of amides is 5. The molecule has 14 heteroatoms. The fraction of sp³-hybridized carbons (Fsp3) is 0.806. The molecule has 0 bridgehead atoms. The molecule has 2 saturated carbocycles. The summed E-state index contributed by atoms with van der Waals surface area (Å²) in [5, 5.41) is 10.5. The second kappa shape index (κ2) is 17.0. The summed E-state index contributed by atoms with van der Waals surface area (Å²) < 4.78 is 10.5. The van der Waals surface area contributed by atoms with Crippen LogP contribution in [0.3, 0.4) is 0 Å². The highest BCUT2D eigenvalue weighted by Gasteiger charge is 2.46. The maximum absolute atomic E-state index is 14.2. The molecule has 1 heterocycles. The zero-order valence-electron chi connectivity index (χ0n) is 31.3. The second-order valence-corrected chi connectivity index (χ2v) is 16.7. The number of likely N-dealkylation sites (tertiary alicyclic amines) is 1. The molecule has 5 atom stereocenters. The van der Waals surface area contributed by atoms with E-state index < -0.39 is 76.7 Å². The zero-order chi connectivity index (χ0) is 37.6. The molecule has 2 aliphatic carbocycles. The summed E-state index contributed by atoms with van der Waals surface area (Å²) in [7, 11) is 0. The molecule has 3 fully saturated rings. The normalized spacial score (nSPS) is 21.0. The Labute approximate surface area is 296 Å². The molecular weight excluding hydrogens is 646 g/mol. The van der Waals surface area contributed by atoms with Crippen molar-refractivity contribution in [1.29, 1.82) is 0 Å². The first kappa shape index (κ1) is 40.7. The third-order valence-corrected chi connectivity index (χ3v) is 9.27. The van der Waals surface area contributed by atoms with Crippen molar-refractivity contribution >= 4 is 41.5 Å². The van der Waals surface area contributed by atoms with Crippen LogP contribution in [0.15, 0.2) is 0 Å². The Kier molecular flexibility index (Phi) is 13.8. The second-order valence-electron chi connectivity index (χ2n) is 16.7. The average Bonchev–Trinajstić information content (AvgIpc) is 3.94. The molecular formula is C36H59N5O9. The van der Waals surface area contributed by atoms with E-state index in [4.69, 9.17) is 9.47 Å². The molecule has 1 saturated heterocycles. The lowest BCUT2D eigenvalue weighted by Crippen LogP contribution is -2.60. The lowest BCUT2D eigenvalue weighted by Gasteiger charge is -2.36. The molecule has 5 amide bonds. The van der Waals surface area contributed by atoms with Crippen LogP contribution in [0.4, 0.5) is 4.79 Å². The summed E-state index contributed by atoms with van der Waals surface area (Å²) in [4.78, 5) is 93.3. The summed E-state index contributed by atoms with van der Waals surface area (Å²) in [6, 6.07) is -4.75. The maximum atomic E-state index is 14.2. The van der Waals surface area contributed by atoms with Gasteiger partial charge >= 0.3 is 18.0 Å². The van der Waals surface area contributed by atoms with E-state index in [1.807, 2.05) is 13.8 Å². The van der Waals surface area contributed by atoms with Crippen LogP contribution in [0, 0.1) is 29.1 Å². The molecule has 0 spiro atoms. The van der Waals surface area contributed by atoms with Crippen molar-refractivity contribution in [3.05, 3.63) is 0 Å². The zero-order valence-corrected chi connectivity index (χ0v) is 31.3. The number of carbonyl (C=O) groups is 7. The molecule has 50 heavy (non-hydrogen) atoms. The van der Waals surface area contributed by atoms with Crippen LogP contribution in [0.2, 0.25) is 0 Å². The van der Waals surface area contributed by atoms with Crippen LogP contribution in [0.5, 0.6) is 0 Å². The van der Waals surface area contributed by atoms with Crippen LogP contribution in [-0.2, 0) is 38.2 Å². The number of ketones is 1. The van der Waals surface area contributed by atoms with Gasteiger partial charge in [0.1, 0.15) is 23.7 Å². The number of nitrogens with one attached hydrogen (secondary N) is 4. The van der Waals surface area contributed by atoms with Crippen LogP contribution in [0.1, 0.15) is 107 Å². The molecule has 0 aromatic rings.